The maximum absolute atomic E-state index is 12.5. The fraction of sp³-hybridized carbons (Fsp3) is 0.667. The molecule has 3 saturated carbocycles. The largest absolute Gasteiger partial charge is 0.490 e. The van der Waals surface area contributed by atoms with Gasteiger partial charge < -0.3 is 10.1 Å². The van der Waals surface area contributed by atoms with Crippen LogP contribution < -0.4 is 10.1 Å². The molecule has 3 aliphatic rings. The van der Waals surface area contributed by atoms with Crippen LogP contribution in [0, 0.1) is 17.8 Å². The first kappa shape index (κ1) is 16.0. The molecule has 4 atom stereocenters. The van der Waals surface area contributed by atoms with Crippen LogP contribution in [0.4, 0.5) is 0 Å². The smallest absolute Gasteiger partial charge is 0.251 e. The van der Waals surface area contributed by atoms with E-state index in [0.29, 0.717) is 12.0 Å². The number of hydrogen-bond acceptors (Lipinski definition) is 2. The summed E-state index contributed by atoms with van der Waals surface area (Å²) < 4.78 is 5.97. The van der Waals surface area contributed by atoms with Gasteiger partial charge in [0.05, 0.1) is 6.10 Å². The SMILES string of the molecule is C[C@H](NC(=O)c1ccc(OC2CCCC2)cc1)[C@@H]1C[C@H]2CC[C@H]1C2. The average molecular weight is 327 g/mol. The van der Waals surface area contributed by atoms with Crippen LogP contribution in [0.3, 0.4) is 0 Å². The number of carbonyl (C=O) groups excluding carboxylic acids is 1. The number of hydrogen-bond donors (Lipinski definition) is 1. The van der Waals surface area contributed by atoms with E-state index in [9.17, 15) is 4.79 Å². The Morgan fingerprint density at radius 1 is 1.08 bits per heavy atom. The molecule has 3 fully saturated rings. The van der Waals surface area contributed by atoms with Gasteiger partial charge in [-0.25, -0.2) is 0 Å². The molecule has 3 heteroatoms. The Morgan fingerprint density at radius 2 is 1.83 bits per heavy atom. The zero-order valence-electron chi connectivity index (χ0n) is 14.7. The van der Waals surface area contributed by atoms with Gasteiger partial charge in [0.2, 0.25) is 0 Å². The number of amides is 1. The Morgan fingerprint density at radius 3 is 2.46 bits per heavy atom. The lowest BCUT2D eigenvalue weighted by molar-refractivity contribution is 0.0915. The van der Waals surface area contributed by atoms with Crippen LogP contribution >= 0.6 is 0 Å². The average Bonchev–Trinajstić information content (AvgIpc) is 3.33. The topological polar surface area (TPSA) is 38.3 Å². The Kier molecular flexibility index (Phi) is 4.51. The molecule has 1 amide bonds. The maximum atomic E-state index is 12.5. The van der Waals surface area contributed by atoms with E-state index in [4.69, 9.17) is 4.74 Å². The molecule has 4 rings (SSSR count). The van der Waals surface area contributed by atoms with Crippen molar-refractivity contribution in [3.8, 4) is 5.75 Å². The molecule has 24 heavy (non-hydrogen) atoms. The number of benzene rings is 1. The molecular weight excluding hydrogens is 298 g/mol. The molecule has 1 aromatic carbocycles. The summed E-state index contributed by atoms with van der Waals surface area (Å²) in [4.78, 5) is 12.5. The highest BCUT2D eigenvalue weighted by molar-refractivity contribution is 5.94. The minimum Gasteiger partial charge on any atom is -0.490 e. The minimum absolute atomic E-state index is 0.0534. The molecule has 0 saturated heterocycles. The van der Waals surface area contributed by atoms with Crippen molar-refractivity contribution in [1.82, 2.24) is 5.32 Å². The van der Waals surface area contributed by atoms with E-state index in [-0.39, 0.29) is 11.9 Å². The second-order valence-electron chi connectivity index (χ2n) is 8.15. The van der Waals surface area contributed by atoms with Crippen LogP contribution in [0.1, 0.15) is 68.6 Å². The molecule has 0 spiro atoms. The van der Waals surface area contributed by atoms with E-state index in [1.807, 2.05) is 24.3 Å². The van der Waals surface area contributed by atoms with Gasteiger partial charge in [-0.2, -0.15) is 0 Å². The summed E-state index contributed by atoms with van der Waals surface area (Å²) in [6.45, 7) is 2.18. The van der Waals surface area contributed by atoms with Gasteiger partial charge in [-0.1, -0.05) is 6.42 Å². The van der Waals surface area contributed by atoms with Crippen molar-refractivity contribution in [2.75, 3.05) is 0 Å². The third-order valence-electron chi connectivity index (χ3n) is 6.52. The van der Waals surface area contributed by atoms with Crippen LogP contribution in [-0.2, 0) is 0 Å². The van der Waals surface area contributed by atoms with E-state index >= 15 is 0 Å². The second-order valence-corrected chi connectivity index (χ2v) is 8.15. The van der Waals surface area contributed by atoms with E-state index in [1.54, 1.807) is 0 Å². The minimum atomic E-state index is 0.0534. The van der Waals surface area contributed by atoms with E-state index in [1.165, 1.54) is 38.5 Å². The lowest BCUT2D eigenvalue weighted by atomic mass is 9.84. The van der Waals surface area contributed by atoms with Crippen molar-refractivity contribution >= 4 is 5.91 Å². The first-order valence-corrected chi connectivity index (χ1v) is 9.76. The molecule has 1 aromatic rings. The lowest BCUT2D eigenvalue weighted by Gasteiger charge is -2.28. The maximum Gasteiger partial charge on any atom is 0.251 e. The van der Waals surface area contributed by atoms with Gasteiger partial charge in [0.15, 0.2) is 0 Å². The summed E-state index contributed by atoms with van der Waals surface area (Å²) in [5.74, 6) is 3.38. The molecule has 0 heterocycles. The molecule has 0 unspecified atom stereocenters. The van der Waals surface area contributed by atoms with Crippen LogP contribution in [0.15, 0.2) is 24.3 Å². The predicted molar refractivity (Wildman–Crippen MR) is 95.2 cm³/mol. The zero-order valence-corrected chi connectivity index (χ0v) is 14.7. The molecular formula is C21H29NO2. The molecule has 130 valence electrons. The normalized spacial score (nSPS) is 30.5. The monoisotopic (exact) mass is 327 g/mol. The summed E-state index contributed by atoms with van der Waals surface area (Å²) in [6.07, 6.45) is 10.7. The summed E-state index contributed by atoms with van der Waals surface area (Å²) in [5, 5.41) is 3.24. The Bertz CT molecular complexity index is 576. The van der Waals surface area contributed by atoms with Gasteiger partial charge >= 0.3 is 0 Å². The Labute approximate surface area is 145 Å². The van der Waals surface area contributed by atoms with Crippen molar-refractivity contribution in [2.24, 2.45) is 17.8 Å². The van der Waals surface area contributed by atoms with Crippen LogP contribution in [0.5, 0.6) is 5.75 Å². The third kappa shape index (κ3) is 3.31. The van der Waals surface area contributed by atoms with Gasteiger partial charge in [-0.3, -0.25) is 4.79 Å². The highest BCUT2D eigenvalue weighted by Crippen LogP contribution is 2.49. The van der Waals surface area contributed by atoms with E-state index in [2.05, 4.69) is 12.2 Å². The third-order valence-corrected chi connectivity index (χ3v) is 6.52. The van der Waals surface area contributed by atoms with Crippen LogP contribution in [0.25, 0.3) is 0 Å². The van der Waals surface area contributed by atoms with Gasteiger partial charge in [0.1, 0.15) is 5.75 Å². The van der Waals surface area contributed by atoms with Gasteiger partial charge in [-0.15, -0.1) is 0 Å². The van der Waals surface area contributed by atoms with Crippen molar-refractivity contribution in [3.63, 3.8) is 0 Å². The number of fused-ring (bicyclic) bond motifs is 2. The standard InChI is InChI=1S/C21H29NO2/c1-14(20-13-15-6-7-17(20)12-15)22-21(23)16-8-10-19(11-9-16)24-18-4-2-3-5-18/h8-11,14-15,17-18,20H,2-7,12-13H2,1H3,(H,22,23)/t14-,15-,17-,20-/m0/s1. The molecule has 0 radical (unpaired) electrons. The van der Waals surface area contributed by atoms with E-state index < -0.39 is 0 Å². The van der Waals surface area contributed by atoms with Crippen LogP contribution in [-0.4, -0.2) is 18.1 Å². The van der Waals surface area contributed by atoms with Crippen LogP contribution in [0.2, 0.25) is 0 Å². The first-order valence-electron chi connectivity index (χ1n) is 9.76. The fourth-order valence-corrected chi connectivity index (χ4v) is 5.19. The quantitative estimate of drug-likeness (QED) is 0.861. The molecule has 0 aromatic heterocycles. The Hall–Kier alpha value is -1.51. The summed E-state index contributed by atoms with van der Waals surface area (Å²) in [7, 11) is 0. The zero-order chi connectivity index (χ0) is 16.5. The number of carbonyl (C=O) groups is 1. The van der Waals surface area contributed by atoms with E-state index in [0.717, 1.165) is 36.0 Å². The molecule has 0 aliphatic heterocycles. The molecule has 3 nitrogen and oxygen atoms in total. The number of nitrogens with one attached hydrogen (secondary N) is 1. The summed E-state index contributed by atoms with van der Waals surface area (Å²) in [6, 6.07) is 7.95. The Balaban J connectivity index is 1.32. The van der Waals surface area contributed by atoms with Gasteiger partial charge in [0, 0.05) is 11.6 Å². The highest BCUT2D eigenvalue weighted by atomic mass is 16.5. The molecule has 2 bridgehead atoms. The molecule has 3 aliphatic carbocycles. The second kappa shape index (κ2) is 6.78. The van der Waals surface area contributed by atoms with Crippen molar-refractivity contribution in [3.05, 3.63) is 29.8 Å². The number of ether oxygens (including phenoxy) is 1. The molecule has 1 N–H and O–H groups in total. The van der Waals surface area contributed by atoms with Gasteiger partial charge in [-0.05, 0) is 93.9 Å². The summed E-state index contributed by atoms with van der Waals surface area (Å²) >= 11 is 0. The number of rotatable bonds is 5. The van der Waals surface area contributed by atoms with Gasteiger partial charge in [0.25, 0.3) is 5.91 Å². The highest BCUT2D eigenvalue weighted by Gasteiger charge is 2.42. The van der Waals surface area contributed by atoms with Crippen molar-refractivity contribution in [1.29, 1.82) is 0 Å². The fourth-order valence-electron chi connectivity index (χ4n) is 5.19. The van der Waals surface area contributed by atoms with Crippen molar-refractivity contribution < 1.29 is 9.53 Å². The summed E-state index contributed by atoms with van der Waals surface area (Å²) in [5.41, 5.74) is 0.740. The predicted octanol–water partition coefficient (Wildman–Crippen LogP) is 4.56. The van der Waals surface area contributed by atoms with Crippen molar-refractivity contribution in [2.45, 2.75) is 70.4 Å². The first-order chi connectivity index (χ1) is 11.7. The lowest BCUT2D eigenvalue weighted by Crippen LogP contribution is -2.40.